The van der Waals surface area contributed by atoms with Gasteiger partial charge >= 0.3 is 11.7 Å². The van der Waals surface area contributed by atoms with Gasteiger partial charge in [-0.15, -0.1) is 0 Å². The summed E-state index contributed by atoms with van der Waals surface area (Å²) < 4.78 is 4.47. The minimum absolute atomic E-state index is 0.0977. The second-order valence-electron chi connectivity index (χ2n) is 4.92. The van der Waals surface area contributed by atoms with Gasteiger partial charge in [0.25, 0.3) is 5.91 Å². The van der Waals surface area contributed by atoms with E-state index in [1.807, 2.05) is 13.8 Å². The summed E-state index contributed by atoms with van der Waals surface area (Å²) >= 11 is 0. The number of nitrogens with zero attached hydrogens (tertiary/aromatic N) is 2. The molecular weight excluding hydrogens is 318 g/mol. The molecule has 0 heterocycles. The summed E-state index contributed by atoms with van der Waals surface area (Å²) in [5, 5.41) is 23.4. The quantitative estimate of drug-likeness (QED) is 0.414. The van der Waals surface area contributed by atoms with Crippen molar-refractivity contribution in [2.24, 2.45) is 0 Å². The molecule has 0 radical (unpaired) electrons. The van der Waals surface area contributed by atoms with Gasteiger partial charge < -0.3 is 20.1 Å². The maximum absolute atomic E-state index is 12.2. The molecule has 0 aliphatic heterocycles. The lowest BCUT2D eigenvalue weighted by Gasteiger charge is -2.18. The molecule has 0 spiro atoms. The van der Waals surface area contributed by atoms with Crippen molar-refractivity contribution in [3.05, 3.63) is 33.4 Å². The zero-order valence-electron chi connectivity index (χ0n) is 13.9. The largest absolute Gasteiger partial charge is 0.501 e. The topological polar surface area (TPSA) is 122 Å². The number of carbonyl (C=O) groups excluding carboxylic acids is 2. The number of hydrogen-bond acceptors (Lipinski definition) is 7. The van der Waals surface area contributed by atoms with E-state index in [4.69, 9.17) is 0 Å². The van der Waals surface area contributed by atoms with E-state index in [1.54, 1.807) is 0 Å². The average molecular weight is 339 g/mol. The number of likely N-dealkylation sites (N-methyl/N-ethyl adjacent to an activating group) is 1. The fourth-order valence-corrected chi connectivity index (χ4v) is 2.12. The zero-order chi connectivity index (χ0) is 18.3. The highest BCUT2D eigenvalue weighted by Crippen LogP contribution is 2.31. The molecule has 0 bridgehead atoms. The van der Waals surface area contributed by atoms with E-state index < -0.39 is 33.8 Å². The van der Waals surface area contributed by atoms with Crippen LogP contribution in [0.1, 0.15) is 34.6 Å². The van der Waals surface area contributed by atoms with Crippen molar-refractivity contribution in [2.75, 3.05) is 33.3 Å². The predicted molar refractivity (Wildman–Crippen MR) is 86.2 cm³/mol. The summed E-state index contributed by atoms with van der Waals surface area (Å²) in [6.07, 6.45) is 0. The van der Waals surface area contributed by atoms with Gasteiger partial charge in [0.1, 0.15) is 5.56 Å². The van der Waals surface area contributed by atoms with Crippen LogP contribution >= 0.6 is 0 Å². The number of phenols is 1. The monoisotopic (exact) mass is 339 g/mol. The highest BCUT2D eigenvalue weighted by atomic mass is 16.6. The van der Waals surface area contributed by atoms with Gasteiger partial charge in [-0.25, -0.2) is 4.79 Å². The maximum Gasteiger partial charge on any atom is 0.341 e. The molecule has 2 N–H and O–H groups in total. The molecule has 24 heavy (non-hydrogen) atoms. The van der Waals surface area contributed by atoms with E-state index in [0.717, 1.165) is 32.3 Å². The lowest BCUT2D eigenvalue weighted by atomic mass is 10.1. The first-order valence-corrected chi connectivity index (χ1v) is 7.45. The molecule has 132 valence electrons. The third-order valence-electron chi connectivity index (χ3n) is 3.56. The van der Waals surface area contributed by atoms with Crippen LogP contribution in [0.5, 0.6) is 5.75 Å². The van der Waals surface area contributed by atoms with Gasteiger partial charge in [0.2, 0.25) is 5.75 Å². The summed E-state index contributed by atoms with van der Waals surface area (Å²) in [4.78, 5) is 36.0. The number of amides is 1. The van der Waals surface area contributed by atoms with Crippen molar-refractivity contribution in [3.63, 3.8) is 0 Å². The molecule has 1 aromatic rings. The summed E-state index contributed by atoms with van der Waals surface area (Å²) in [6, 6.07) is 2.00. The highest BCUT2D eigenvalue weighted by molar-refractivity contribution is 6.01. The molecule has 0 fully saturated rings. The van der Waals surface area contributed by atoms with Crippen LogP contribution in [0.15, 0.2) is 12.1 Å². The Morgan fingerprint density at radius 2 is 1.96 bits per heavy atom. The third kappa shape index (κ3) is 4.66. The first-order chi connectivity index (χ1) is 11.3. The average Bonchev–Trinajstić information content (AvgIpc) is 2.57. The van der Waals surface area contributed by atoms with E-state index in [-0.39, 0.29) is 5.56 Å². The van der Waals surface area contributed by atoms with Crippen LogP contribution in [0.2, 0.25) is 0 Å². The molecule has 9 heteroatoms. The first-order valence-electron chi connectivity index (χ1n) is 7.45. The first kappa shape index (κ1) is 19.4. The molecule has 0 unspecified atom stereocenters. The summed E-state index contributed by atoms with van der Waals surface area (Å²) in [5.41, 5.74) is -1.26. The van der Waals surface area contributed by atoms with E-state index >= 15 is 0 Å². The van der Waals surface area contributed by atoms with E-state index in [0.29, 0.717) is 13.1 Å². The van der Waals surface area contributed by atoms with Gasteiger partial charge in [0.05, 0.1) is 12.0 Å². The molecule has 0 saturated heterocycles. The van der Waals surface area contributed by atoms with Gasteiger partial charge in [-0.3, -0.25) is 14.9 Å². The maximum atomic E-state index is 12.2. The lowest BCUT2D eigenvalue weighted by Crippen LogP contribution is -2.34. The van der Waals surface area contributed by atoms with Crippen LogP contribution in [-0.4, -0.2) is 60.1 Å². The fraction of sp³-hybridized carbons (Fsp3) is 0.467. The Hall–Kier alpha value is -2.68. The molecule has 9 nitrogen and oxygen atoms in total. The normalized spacial score (nSPS) is 10.5. The summed E-state index contributed by atoms with van der Waals surface area (Å²) in [5.74, 6) is -2.37. The molecule has 0 aromatic heterocycles. The molecule has 0 atom stereocenters. The number of nitro benzene ring substituents is 1. The van der Waals surface area contributed by atoms with Crippen LogP contribution in [-0.2, 0) is 4.74 Å². The minimum Gasteiger partial charge on any atom is -0.501 e. The SMILES string of the molecule is CCN(CC)CCNC(=O)c1cc(C(=O)OC)c(O)c([N+](=O)[O-])c1. The Labute approximate surface area is 139 Å². The molecule has 0 saturated carbocycles. The van der Waals surface area contributed by atoms with Gasteiger partial charge in [-0.1, -0.05) is 13.8 Å². The Bertz CT molecular complexity index is 628. The van der Waals surface area contributed by atoms with Crippen molar-refractivity contribution in [3.8, 4) is 5.75 Å². The Balaban J connectivity index is 3.01. The fourth-order valence-electron chi connectivity index (χ4n) is 2.12. The number of carbonyl (C=O) groups is 2. The number of phenolic OH excluding ortho intramolecular Hbond substituents is 1. The van der Waals surface area contributed by atoms with Gasteiger partial charge in [0, 0.05) is 24.7 Å². The second kappa shape index (κ2) is 8.82. The van der Waals surface area contributed by atoms with Crippen LogP contribution in [0.25, 0.3) is 0 Å². The lowest BCUT2D eigenvalue weighted by molar-refractivity contribution is -0.385. The number of nitrogens with one attached hydrogen (secondary N) is 1. The molecule has 1 rings (SSSR count). The molecule has 1 aromatic carbocycles. The van der Waals surface area contributed by atoms with Crippen molar-refractivity contribution >= 4 is 17.6 Å². The number of esters is 1. The number of aromatic hydroxyl groups is 1. The molecule has 0 aliphatic carbocycles. The Kier molecular flexibility index (Phi) is 7.12. The number of nitro groups is 1. The molecule has 1 amide bonds. The Morgan fingerprint density at radius 1 is 1.33 bits per heavy atom. The molecular formula is C15H21N3O6. The van der Waals surface area contributed by atoms with Crippen molar-refractivity contribution in [1.82, 2.24) is 10.2 Å². The zero-order valence-corrected chi connectivity index (χ0v) is 13.9. The second-order valence-corrected chi connectivity index (χ2v) is 4.92. The summed E-state index contributed by atoms with van der Waals surface area (Å²) in [7, 11) is 1.07. The number of benzene rings is 1. The smallest absolute Gasteiger partial charge is 0.341 e. The van der Waals surface area contributed by atoms with Gasteiger partial charge in [0.15, 0.2) is 0 Å². The standard InChI is InChI=1S/C15H21N3O6/c1-4-17(5-2)7-6-16-14(20)10-8-11(15(21)24-3)13(19)12(9-10)18(22)23/h8-9,19H,4-7H2,1-3H3,(H,16,20). The van der Waals surface area contributed by atoms with Crippen molar-refractivity contribution < 1.29 is 24.4 Å². The minimum atomic E-state index is -0.964. The van der Waals surface area contributed by atoms with Crippen LogP contribution in [0.4, 0.5) is 5.69 Å². The van der Waals surface area contributed by atoms with Gasteiger partial charge in [-0.05, 0) is 19.2 Å². The summed E-state index contributed by atoms with van der Waals surface area (Å²) in [6.45, 7) is 6.65. The Morgan fingerprint density at radius 3 is 2.46 bits per heavy atom. The number of rotatable bonds is 8. The van der Waals surface area contributed by atoms with Crippen LogP contribution < -0.4 is 5.32 Å². The third-order valence-corrected chi connectivity index (χ3v) is 3.56. The van der Waals surface area contributed by atoms with E-state index in [2.05, 4.69) is 15.0 Å². The van der Waals surface area contributed by atoms with Crippen molar-refractivity contribution in [2.45, 2.75) is 13.8 Å². The van der Waals surface area contributed by atoms with Gasteiger partial charge in [-0.2, -0.15) is 0 Å². The number of ether oxygens (including phenoxy) is 1. The van der Waals surface area contributed by atoms with Crippen molar-refractivity contribution in [1.29, 1.82) is 0 Å². The number of hydrogen-bond donors (Lipinski definition) is 2. The number of methoxy groups -OCH3 is 1. The van der Waals surface area contributed by atoms with Crippen LogP contribution in [0.3, 0.4) is 0 Å². The predicted octanol–water partition coefficient (Wildman–Crippen LogP) is 1.16. The molecule has 0 aliphatic rings. The van der Waals surface area contributed by atoms with E-state index in [1.165, 1.54) is 0 Å². The highest BCUT2D eigenvalue weighted by Gasteiger charge is 2.25. The van der Waals surface area contributed by atoms with Crippen LogP contribution in [0, 0.1) is 10.1 Å². The van der Waals surface area contributed by atoms with E-state index in [9.17, 15) is 24.8 Å².